The summed E-state index contributed by atoms with van der Waals surface area (Å²) in [5.74, 6) is -0.271. The fourth-order valence-electron chi connectivity index (χ4n) is 2.08. The number of pyridine rings is 1. The molecule has 0 atom stereocenters. The number of hydrogen-bond acceptors (Lipinski definition) is 3. The fourth-order valence-corrected chi connectivity index (χ4v) is 2.08. The summed E-state index contributed by atoms with van der Waals surface area (Å²) in [6.45, 7) is 0.634. The summed E-state index contributed by atoms with van der Waals surface area (Å²) in [6.07, 6.45) is 5.00. The number of H-pyrrole nitrogens is 1. The summed E-state index contributed by atoms with van der Waals surface area (Å²) >= 11 is 0. The number of nitrogens with zero attached hydrogens (tertiary/aromatic N) is 2. The molecule has 3 aromatic rings. The molecule has 2 N–H and O–H groups in total. The summed E-state index contributed by atoms with van der Waals surface area (Å²) in [6, 6.07) is 12.2. The molecule has 0 spiro atoms. The molecule has 0 saturated heterocycles. The van der Waals surface area contributed by atoms with Crippen molar-refractivity contribution in [2.75, 3.05) is 5.32 Å². The van der Waals surface area contributed by atoms with Crippen LogP contribution < -0.4 is 10.9 Å². The quantitative estimate of drug-likeness (QED) is 0.771. The Morgan fingerprint density at radius 1 is 1.23 bits per heavy atom. The molecule has 0 bridgehead atoms. The second-order valence-electron chi connectivity index (χ2n) is 4.80. The predicted octanol–water partition coefficient (Wildman–Crippen LogP) is 1.87. The number of carbonyl (C=O) groups is 1. The van der Waals surface area contributed by atoms with Gasteiger partial charge in [0.15, 0.2) is 0 Å². The van der Waals surface area contributed by atoms with Gasteiger partial charge in [-0.15, -0.1) is 0 Å². The number of benzene rings is 1. The van der Waals surface area contributed by atoms with Crippen LogP contribution in [0.5, 0.6) is 0 Å². The lowest BCUT2D eigenvalue weighted by Gasteiger charge is -2.07. The Labute approximate surface area is 126 Å². The highest BCUT2D eigenvalue weighted by atomic mass is 16.1. The van der Waals surface area contributed by atoms with Gasteiger partial charge in [-0.2, -0.15) is 5.10 Å². The van der Waals surface area contributed by atoms with Gasteiger partial charge in [-0.1, -0.05) is 12.1 Å². The van der Waals surface area contributed by atoms with Crippen molar-refractivity contribution in [3.8, 4) is 0 Å². The SMILES string of the molecule is O=C(Nc1cccc(Cn2cccn2)c1)c1ccc(=O)[nH]c1. The Morgan fingerprint density at radius 2 is 2.14 bits per heavy atom. The van der Waals surface area contributed by atoms with E-state index in [1.165, 1.54) is 18.3 Å². The van der Waals surface area contributed by atoms with Crippen molar-refractivity contribution in [2.24, 2.45) is 0 Å². The van der Waals surface area contributed by atoms with Crippen molar-refractivity contribution < 1.29 is 4.79 Å². The molecular weight excluding hydrogens is 280 g/mol. The summed E-state index contributed by atoms with van der Waals surface area (Å²) in [5.41, 5.74) is 1.89. The van der Waals surface area contributed by atoms with Crippen LogP contribution in [0, 0.1) is 0 Å². The van der Waals surface area contributed by atoms with Gasteiger partial charge in [-0.25, -0.2) is 0 Å². The summed E-state index contributed by atoms with van der Waals surface area (Å²) < 4.78 is 1.81. The summed E-state index contributed by atoms with van der Waals surface area (Å²) in [5, 5.41) is 6.96. The minimum atomic E-state index is -0.271. The summed E-state index contributed by atoms with van der Waals surface area (Å²) in [4.78, 5) is 25.6. The van der Waals surface area contributed by atoms with E-state index in [-0.39, 0.29) is 11.5 Å². The molecule has 0 unspecified atom stereocenters. The number of carbonyl (C=O) groups excluding carboxylic acids is 1. The van der Waals surface area contributed by atoms with E-state index >= 15 is 0 Å². The van der Waals surface area contributed by atoms with Gasteiger partial charge in [0.05, 0.1) is 12.1 Å². The zero-order valence-corrected chi connectivity index (χ0v) is 11.7. The Kier molecular flexibility index (Phi) is 3.82. The molecule has 2 heterocycles. The van der Waals surface area contributed by atoms with Crippen LogP contribution in [0.15, 0.2) is 65.8 Å². The van der Waals surface area contributed by atoms with Crippen LogP contribution in [0.4, 0.5) is 5.69 Å². The zero-order valence-electron chi connectivity index (χ0n) is 11.7. The van der Waals surface area contributed by atoms with Crippen molar-refractivity contribution >= 4 is 11.6 Å². The van der Waals surface area contributed by atoms with Crippen molar-refractivity contribution in [3.05, 3.63) is 82.5 Å². The Balaban J connectivity index is 1.73. The maximum Gasteiger partial charge on any atom is 0.257 e. The van der Waals surface area contributed by atoms with Crippen molar-refractivity contribution in [1.29, 1.82) is 0 Å². The molecule has 0 aliphatic carbocycles. The second-order valence-corrected chi connectivity index (χ2v) is 4.80. The first-order valence-electron chi connectivity index (χ1n) is 6.77. The number of hydrogen-bond donors (Lipinski definition) is 2. The van der Waals surface area contributed by atoms with E-state index in [1.54, 1.807) is 6.20 Å². The highest BCUT2D eigenvalue weighted by Gasteiger charge is 2.06. The first-order chi connectivity index (χ1) is 10.7. The molecule has 6 heteroatoms. The van der Waals surface area contributed by atoms with Gasteiger partial charge < -0.3 is 10.3 Å². The van der Waals surface area contributed by atoms with Crippen LogP contribution in [-0.4, -0.2) is 20.7 Å². The minimum absolute atomic E-state index is 0.238. The van der Waals surface area contributed by atoms with E-state index < -0.39 is 0 Å². The van der Waals surface area contributed by atoms with Gasteiger partial charge in [0.2, 0.25) is 5.56 Å². The Hall–Kier alpha value is -3.15. The molecule has 0 fully saturated rings. The zero-order chi connectivity index (χ0) is 15.4. The highest BCUT2D eigenvalue weighted by molar-refractivity contribution is 6.04. The van der Waals surface area contributed by atoms with Gasteiger partial charge in [0.25, 0.3) is 5.91 Å². The minimum Gasteiger partial charge on any atom is -0.328 e. The lowest BCUT2D eigenvalue weighted by molar-refractivity contribution is 0.102. The number of rotatable bonds is 4. The first kappa shape index (κ1) is 13.8. The molecule has 22 heavy (non-hydrogen) atoms. The van der Waals surface area contributed by atoms with E-state index in [0.717, 1.165) is 5.56 Å². The van der Waals surface area contributed by atoms with Crippen molar-refractivity contribution in [2.45, 2.75) is 6.54 Å². The molecule has 2 aromatic heterocycles. The Bertz CT molecular complexity index is 817. The smallest absolute Gasteiger partial charge is 0.257 e. The molecule has 0 radical (unpaired) electrons. The fraction of sp³-hybridized carbons (Fsp3) is 0.0625. The second kappa shape index (κ2) is 6.09. The van der Waals surface area contributed by atoms with Crippen molar-refractivity contribution in [3.63, 3.8) is 0 Å². The van der Waals surface area contributed by atoms with E-state index in [0.29, 0.717) is 17.8 Å². The highest BCUT2D eigenvalue weighted by Crippen LogP contribution is 2.13. The van der Waals surface area contributed by atoms with Gasteiger partial charge >= 0.3 is 0 Å². The number of anilines is 1. The predicted molar refractivity (Wildman–Crippen MR) is 82.8 cm³/mol. The standard InChI is InChI=1S/C16H14N4O2/c21-15-6-5-13(10-17-15)16(22)19-14-4-1-3-12(9-14)11-20-8-2-7-18-20/h1-10H,11H2,(H,17,21)(H,19,22). The molecule has 110 valence electrons. The third-order valence-electron chi connectivity index (χ3n) is 3.13. The number of aromatic amines is 1. The van der Waals surface area contributed by atoms with Crippen LogP contribution in [0.2, 0.25) is 0 Å². The van der Waals surface area contributed by atoms with E-state index in [4.69, 9.17) is 0 Å². The molecule has 0 saturated carbocycles. The third kappa shape index (κ3) is 3.29. The number of aromatic nitrogens is 3. The molecule has 1 amide bonds. The Morgan fingerprint density at radius 3 is 2.86 bits per heavy atom. The van der Waals surface area contributed by atoms with E-state index in [1.807, 2.05) is 41.2 Å². The summed E-state index contributed by atoms with van der Waals surface area (Å²) in [7, 11) is 0. The number of amides is 1. The maximum absolute atomic E-state index is 12.1. The van der Waals surface area contributed by atoms with Crippen LogP contribution >= 0.6 is 0 Å². The molecule has 6 nitrogen and oxygen atoms in total. The largest absolute Gasteiger partial charge is 0.328 e. The van der Waals surface area contributed by atoms with Crippen LogP contribution in [0.3, 0.4) is 0 Å². The average molecular weight is 294 g/mol. The first-order valence-corrected chi connectivity index (χ1v) is 6.77. The lowest BCUT2D eigenvalue weighted by Crippen LogP contribution is -2.14. The van der Waals surface area contributed by atoms with Crippen LogP contribution in [0.25, 0.3) is 0 Å². The van der Waals surface area contributed by atoms with E-state index in [9.17, 15) is 9.59 Å². The average Bonchev–Trinajstić information content (AvgIpc) is 3.01. The van der Waals surface area contributed by atoms with Gasteiger partial charge in [0, 0.05) is 30.3 Å². The molecule has 0 aliphatic rings. The molecular formula is C16H14N4O2. The topological polar surface area (TPSA) is 79.8 Å². The monoisotopic (exact) mass is 294 g/mol. The normalized spacial score (nSPS) is 10.4. The van der Waals surface area contributed by atoms with Gasteiger partial charge in [-0.05, 0) is 29.8 Å². The van der Waals surface area contributed by atoms with Crippen molar-refractivity contribution in [1.82, 2.24) is 14.8 Å². The van der Waals surface area contributed by atoms with Crippen LogP contribution in [0.1, 0.15) is 15.9 Å². The third-order valence-corrected chi connectivity index (χ3v) is 3.13. The molecule has 0 aliphatic heterocycles. The van der Waals surface area contributed by atoms with Gasteiger partial charge in [-0.3, -0.25) is 14.3 Å². The van der Waals surface area contributed by atoms with E-state index in [2.05, 4.69) is 15.4 Å². The molecule has 3 rings (SSSR count). The number of nitrogens with one attached hydrogen (secondary N) is 2. The van der Waals surface area contributed by atoms with Gasteiger partial charge in [0.1, 0.15) is 0 Å². The maximum atomic E-state index is 12.1. The van der Waals surface area contributed by atoms with Crippen LogP contribution in [-0.2, 0) is 6.54 Å². The molecule has 1 aromatic carbocycles. The lowest BCUT2D eigenvalue weighted by atomic mass is 10.2.